The molecule has 6 rings (SSSR count). The molecule has 0 aliphatic carbocycles. The molecule has 0 atom stereocenters. The van der Waals surface area contributed by atoms with Gasteiger partial charge >= 0.3 is 0 Å². The summed E-state index contributed by atoms with van der Waals surface area (Å²) in [5.41, 5.74) is 5.18. The zero-order valence-electron chi connectivity index (χ0n) is 29.5. The summed E-state index contributed by atoms with van der Waals surface area (Å²) >= 11 is 0. The Labute approximate surface area is 306 Å². The molecule has 15 heteroatoms. The second kappa shape index (κ2) is 18.1. The lowest BCUT2D eigenvalue weighted by molar-refractivity contribution is -0.118. The Morgan fingerprint density at radius 3 is 1.40 bits per heavy atom. The summed E-state index contributed by atoms with van der Waals surface area (Å²) in [5.74, 6) is 1.70. The van der Waals surface area contributed by atoms with Gasteiger partial charge in [-0.2, -0.15) is 9.59 Å². The summed E-state index contributed by atoms with van der Waals surface area (Å²) in [6, 6.07) is 30.0. The standard InChI is InChI=1S/C38H40N10O5/c1-3-27-9-5-7-11-33(27)39-35(49)25-47-43-37(41-45-47)29-13-17-31(18-14-29)52-23-21-51-22-24-53-32-19-15-30(16-20-32)38-42-46-48(44-38)26-36(50)40-34-12-8-6-10-28(34)4-2/h5-20H,3-4,21-26H2,1-2H3,(H,39,49)(H,40,50). The number of para-hydroxylation sites is 2. The van der Waals surface area contributed by atoms with Crippen LogP contribution in [0.2, 0.25) is 0 Å². The molecule has 2 N–H and O–H groups in total. The fourth-order valence-corrected chi connectivity index (χ4v) is 5.33. The van der Waals surface area contributed by atoms with Crippen LogP contribution in [0.5, 0.6) is 11.5 Å². The van der Waals surface area contributed by atoms with Crippen LogP contribution >= 0.6 is 0 Å². The van der Waals surface area contributed by atoms with E-state index >= 15 is 0 Å². The smallest absolute Gasteiger partial charge is 0.248 e. The number of tetrazole rings is 2. The monoisotopic (exact) mass is 716 g/mol. The van der Waals surface area contributed by atoms with Crippen molar-refractivity contribution < 1.29 is 23.8 Å². The summed E-state index contributed by atoms with van der Waals surface area (Å²) < 4.78 is 17.2. The molecule has 6 aromatic rings. The third-order valence-corrected chi connectivity index (χ3v) is 8.04. The van der Waals surface area contributed by atoms with Crippen LogP contribution in [0.15, 0.2) is 97.1 Å². The van der Waals surface area contributed by atoms with Crippen LogP contribution < -0.4 is 20.1 Å². The lowest BCUT2D eigenvalue weighted by atomic mass is 10.1. The lowest BCUT2D eigenvalue weighted by Crippen LogP contribution is -2.21. The minimum atomic E-state index is -0.229. The van der Waals surface area contributed by atoms with Crippen molar-refractivity contribution in [2.24, 2.45) is 0 Å². The molecule has 4 aromatic carbocycles. The van der Waals surface area contributed by atoms with Gasteiger partial charge < -0.3 is 24.8 Å². The number of aryl methyl sites for hydroxylation is 2. The van der Waals surface area contributed by atoms with E-state index in [2.05, 4.69) is 41.5 Å². The number of rotatable bonds is 18. The van der Waals surface area contributed by atoms with Crippen molar-refractivity contribution in [1.29, 1.82) is 0 Å². The van der Waals surface area contributed by atoms with Gasteiger partial charge in [0.1, 0.15) is 37.8 Å². The average Bonchev–Trinajstić information content (AvgIpc) is 3.85. The number of hydrogen-bond donors (Lipinski definition) is 2. The second-order valence-corrected chi connectivity index (χ2v) is 11.8. The number of aromatic nitrogens is 8. The minimum Gasteiger partial charge on any atom is -0.491 e. The van der Waals surface area contributed by atoms with Crippen LogP contribution in [0.4, 0.5) is 11.4 Å². The normalized spacial score (nSPS) is 10.9. The van der Waals surface area contributed by atoms with E-state index in [0.717, 1.165) is 46.5 Å². The van der Waals surface area contributed by atoms with Crippen LogP contribution in [0.1, 0.15) is 25.0 Å². The number of benzene rings is 4. The quantitative estimate of drug-likeness (QED) is 0.116. The fourth-order valence-electron chi connectivity index (χ4n) is 5.33. The SMILES string of the molecule is CCc1ccccc1NC(=O)Cn1nnc(-c2ccc(OCCOCCOc3ccc(-c4nnn(CC(=O)Nc5ccccc5CC)n4)cc3)cc2)n1. The van der Waals surface area contributed by atoms with Gasteiger partial charge in [-0.3, -0.25) is 9.59 Å². The maximum Gasteiger partial charge on any atom is 0.248 e. The lowest BCUT2D eigenvalue weighted by Gasteiger charge is -2.09. The number of carbonyl (C=O) groups is 2. The van der Waals surface area contributed by atoms with Gasteiger partial charge in [0.2, 0.25) is 23.5 Å². The Balaban J connectivity index is 0.858. The highest BCUT2D eigenvalue weighted by Gasteiger charge is 2.13. The van der Waals surface area contributed by atoms with Gasteiger partial charge in [-0.15, -0.1) is 20.4 Å². The Hall–Kier alpha value is -6.48. The van der Waals surface area contributed by atoms with Crippen LogP contribution in [0, 0.1) is 0 Å². The molecule has 15 nitrogen and oxygen atoms in total. The summed E-state index contributed by atoms with van der Waals surface area (Å²) in [5, 5.41) is 30.7. The number of carbonyl (C=O) groups excluding carboxylic acids is 2. The summed E-state index contributed by atoms with van der Waals surface area (Å²) in [6.45, 7) is 5.47. The van der Waals surface area contributed by atoms with E-state index in [-0.39, 0.29) is 24.9 Å². The molecule has 2 aromatic heterocycles. The van der Waals surface area contributed by atoms with Crippen LogP contribution in [0.25, 0.3) is 22.8 Å². The first-order chi connectivity index (χ1) is 26.0. The molecule has 0 aliphatic heterocycles. The number of hydrogen-bond acceptors (Lipinski definition) is 11. The van der Waals surface area contributed by atoms with E-state index in [1.54, 1.807) is 0 Å². The summed E-state index contributed by atoms with van der Waals surface area (Å²) in [4.78, 5) is 27.6. The Morgan fingerprint density at radius 2 is 0.981 bits per heavy atom. The third kappa shape index (κ3) is 10.3. The molecular formula is C38H40N10O5. The minimum absolute atomic E-state index is 0.0499. The van der Waals surface area contributed by atoms with Crippen molar-refractivity contribution in [3.63, 3.8) is 0 Å². The van der Waals surface area contributed by atoms with Gasteiger partial charge in [-0.25, -0.2) is 0 Å². The van der Waals surface area contributed by atoms with E-state index in [1.807, 2.05) is 111 Å². The maximum absolute atomic E-state index is 12.5. The molecule has 0 spiro atoms. The van der Waals surface area contributed by atoms with Gasteiger partial charge in [0.15, 0.2) is 0 Å². The number of ether oxygens (including phenoxy) is 3. The first-order valence-corrected chi connectivity index (χ1v) is 17.3. The van der Waals surface area contributed by atoms with Crippen molar-refractivity contribution in [2.75, 3.05) is 37.1 Å². The topological polar surface area (TPSA) is 173 Å². The fraction of sp³-hybridized carbons (Fsp3) is 0.263. The molecule has 0 bridgehead atoms. The van der Waals surface area contributed by atoms with Crippen molar-refractivity contribution in [2.45, 2.75) is 39.8 Å². The van der Waals surface area contributed by atoms with Gasteiger partial charge in [0.25, 0.3) is 0 Å². The molecule has 0 saturated heterocycles. The van der Waals surface area contributed by atoms with Crippen molar-refractivity contribution in [1.82, 2.24) is 40.4 Å². The first-order valence-electron chi connectivity index (χ1n) is 17.3. The molecule has 0 fully saturated rings. The average molecular weight is 717 g/mol. The van der Waals surface area contributed by atoms with Crippen LogP contribution in [0.3, 0.4) is 0 Å². The Morgan fingerprint density at radius 1 is 0.566 bits per heavy atom. The molecule has 0 aliphatic rings. The highest BCUT2D eigenvalue weighted by atomic mass is 16.5. The molecule has 0 unspecified atom stereocenters. The third-order valence-electron chi connectivity index (χ3n) is 8.04. The first kappa shape index (κ1) is 36.3. The summed E-state index contributed by atoms with van der Waals surface area (Å²) in [7, 11) is 0. The maximum atomic E-state index is 12.5. The van der Waals surface area contributed by atoms with Gasteiger partial charge in [0, 0.05) is 22.5 Å². The highest BCUT2D eigenvalue weighted by Crippen LogP contribution is 2.21. The van der Waals surface area contributed by atoms with Gasteiger partial charge in [0.05, 0.1) is 13.2 Å². The van der Waals surface area contributed by atoms with Gasteiger partial charge in [-0.1, -0.05) is 50.2 Å². The van der Waals surface area contributed by atoms with Crippen molar-refractivity contribution in [3.8, 4) is 34.3 Å². The molecule has 0 radical (unpaired) electrons. The number of amides is 2. The Bertz CT molecular complexity index is 1950. The van der Waals surface area contributed by atoms with E-state index < -0.39 is 0 Å². The zero-order valence-corrected chi connectivity index (χ0v) is 29.5. The number of nitrogens with zero attached hydrogens (tertiary/aromatic N) is 8. The van der Waals surface area contributed by atoms with Crippen LogP contribution in [-0.2, 0) is 40.3 Å². The highest BCUT2D eigenvalue weighted by molar-refractivity contribution is 5.91. The predicted octanol–water partition coefficient (Wildman–Crippen LogP) is 4.87. The molecular weight excluding hydrogens is 676 g/mol. The molecule has 2 heterocycles. The Kier molecular flexibility index (Phi) is 12.4. The molecule has 0 saturated carbocycles. The molecule has 272 valence electrons. The largest absolute Gasteiger partial charge is 0.491 e. The summed E-state index contributed by atoms with van der Waals surface area (Å²) in [6.07, 6.45) is 1.63. The van der Waals surface area contributed by atoms with Crippen LogP contribution in [-0.4, -0.2) is 78.7 Å². The van der Waals surface area contributed by atoms with Crippen molar-refractivity contribution in [3.05, 3.63) is 108 Å². The van der Waals surface area contributed by atoms with E-state index in [1.165, 1.54) is 9.59 Å². The second-order valence-electron chi connectivity index (χ2n) is 11.8. The zero-order chi connectivity index (χ0) is 36.8. The molecule has 2 amide bonds. The number of nitrogens with one attached hydrogen (secondary N) is 2. The molecule has 53 heavy (non-hydrogen) atoms. The van der Waals surface area contributed by atoms with E-state index in [9.17, 15) is 9.59 Å². The number of anilines is 2. The van der Waals surface area contributed by atoms with E-state index in [0.29, 0.717) is 49.6 Å². The van der Waals surface area contributed by atoms with Crippen molar-refractivity contribution >= 4 is 23.2 Å². The van der Waals surface area contributed by atoms with E-state index in [4.69, 9.17) is 14.2 Å². The van der Waals surface area contributed by atoms with Gasteiger partial charge in [-0.05, 0) is 95.1 Å². The predicted molar refractivity (Wildman–Crippen MR) is 197 cm³/mol.